The Balaban J connectivity index is 1.80. The first-order chi connectivity index (χ1) is 16.6. The number of hydrogen-bond acceptors (Lipinski definition) is 7. The van der Waals surface area contributed by atoms with E-state index >= 15 is 0 Å². The van der Waals surface area contributed by atoms with Gasteiger partial charge in [-0.05, 0) is 27.7 Å². The molecular formula is C28H32N2O6. The van der Waals surface area contributed by atoms with Crippen molar-refractivity contribution in [3.63, 3.8) is 0 Å². The maximum absolute atomic E-state index is 13.4. The molecule has 2 heterocycles. The minimum Gasteiger partial charge on any atom is -0.871 e. The quantitative estimate of drug-likeness (QED) is 0.436. The zero-order chi connectivity index (χ0) is 26.8. The van der Waals surface area contributed by atoms with Gasteiger partial charge in [0.25, 0.3) is 0 Å². The Kier molecular flexibility index (Phi) is 4.65. The number of likely N-dealkylation sites (N-methyl/N-ethyl adjacent to an activating group) is 2. The van der Waals surface area contributed by atoms with Crippen LogP contribution in [0.5, 0.6) is 23.0 Å². The number of allylic oxidation sites excluding steroid dienone is 2. The van der Waals surface area contributed by atoms with Gasteiger partial charge in [-0.1, -0.05) is 19.6 Å². The minimum absolute atomic E-state index is 0.00264. The molecule has 0 aromatic heterocycles. The van der Waals surface area contributed by atoms with Crippen molar-refractivity contribution < 1.29 is 30.3 Å². The molecule has 3 aliphatic rings. The average molecular weight is 493 g/mol. The Morgan fingerprint density at radius 3 is 2.11 bits per heavy atom. The van der Waals surface area contributed by atoms with Crippen LogP contribution in [0.15, 0.2) is 17.9 Å². The predicted molar refractivity (Wildman–Crippen MR) is 135 cm³/mol. The summed E-state index contributed by atoms with van der Waals surface area (Å²) in [6.45, 7) is 11.8. The van der Waals surface area contributed by atoms with Crippen LogP contribution < -0.4 is 25.2 Å². The van der Waals surface area contributed by atoms with Gasteiger partial charge in [-0.25, -0.2) is 4.58 Å². The number of aromatic hydroxyl groups is 4. The standard InChI is InChI=1S/C28H32N2O6/c1-11-27(3,4)21-13(29(11)7)9-15(31)17(25(21)35)19-23(33)20(24(19)34)18-16(32)10-14-22(26(18)36)28(5,6)12(2)30(14)8/h9-12H,1-8H3,(H4,31,32,33,34,35,36). The highest BCUT2D eigenvalue weighted by molar-refractivity contribution is 6.52. The number of phenolic OH excluding ortho intramolecular Hbond substituents is 4. The molecule has 0 saturated carbocycles. The van der Waals surface area contributed by atoms with Crippen molar-refractivity contribution >= 4 is 22.6 Å². The number of carbonyl (C=O) groups is 1. The van der Waals surface area contributed by atoms with Gasteiger partial charge in [0.1, 0.15) is 30.0 Å². The summed E-state index contributed by atoms with van der Waals surface area (Å²) in [5, 5.41) is 57.9. The first-order valence-corrected chi connectivity index (χ1v) is 12.0. The van der Waals surface area contributed by atoms with E-state index in [4.69, 9.17) is 0 Å². The lowest BCUT2D eigenvalue weighted by molar-refractivity contribution is -0.293. The maximum atomic E-state index is 13.4. The van der Waals surface area contributed by atoms with E-state index in [0.29, 0.717) is 22.2 Å². The smallest absolute Gasteiger partial charge is 0.211 e. The van der Waals surface area contributed by atoms with E-state index in [1.807, 2.05) is 65.1 Å². The second-order valence-electron chi connectivity index (χ2n) is 11.5. The van der Waals surface area contributed by atoms with E-state index in [0.717, 1.165) is 0 Å². The lowest BCUT2D eigenvalue weighted by Crippen LogP contribution is -2.36. The molecule has 2 aliphatic heterocycles. The van der Waals surface area contributed by atoms with Crippen molar-refractivity contribution in [2.24, 2.45) is 0 Å². The third-order valence-corrected chi connectivity index (χ3v) is 9.23. The normalized spacial score (nSPS) is 25.3. The number of benzene rings is 2. The minimum atomic E-state index is -0.745. The molecule has 0 spiro atoms. The largest absolute Gasteiger partial charge is 0.871 e. The molecule has 2 aromatic carbocycles. The van der Waals surface area contributed by atoms with E-state index in [2.05, 4.69) is 0 Å². The molecule has 190 valence electrons. The number of ketones is 1. The van der Waals surface area contributed by atoms with Gasteiger partial charge in [-0.15, -0.1) is 0 Å². The van der Waals surface area contributed by atoms with Crippen LogP contribution in [0.4, 0.5) is 5.69 Å². The van der Waals surface area contributed by atoms with Crippen LogP contribution in [0.1, 0.15) is 58.2 Å². The lowest BCUT2D eigenvalue weighted by atomic mass is 9.75. The molecule has 0 fully saturated rings. The van der Waals surface area contributed by atoms with E-state index in [1.54, 1.807) is 0 Å². The second-order valence-corrected chi connectivity index (χ2v) is 11.5. The summed E-state index contributed by atoms with van der Waals surface area (Å²) in [5.74, 6) is -2.85. The van der Waals surface area contributed by atoms with E-state index < -0.39 is 22.4 Å². The number of nitrogens with zero attached hydrogens (tertiary/aromatic N) is 2. The molecule has 1 aliphatic carbocycles. The van der Waals surface area contributed by atoms with Crippen LogP contribution in [0.3, 0.4) is 0 Å². The molecule has 0 amide bonds. The fraction of sp³-hybridized carbons (Fsp3) is 0.429. The molecule has 2 aromatic rings. The van der Waals surface area contributed by atoms with Gasteiger partial charge in [0.05, 0.1) is 27.8 Å². The van der Waals surface area contributed by atoms with Crippen molar-refractivity contribution in [3.05, 3.63) is 45.2 Å². The summed E-state index contributed by atoms with van der Waals surface area (Å²) in [5.41, 5.74) is -0.214. The van der Waals surface area contributed by atoms with Gasteiger partial charge in [0.15, 0.2) is 11.8 Å². The number of carbonyl (C=O) groups excluding carboxylic acids is 1. The summed E-state index contributed by atoms with van der Waals surface area (Å²) in [4.78, 5) is 15.3. The molecule has 8 nitrogen and oxygen atoms in total. The highest BCUT2D eigenvalue weighted by atomic mass is 16.3. The number of hydrogen-bond donors (Lipinski definition) is 4. The molecule has 2 unspecified atom stereocenters. The fourth-order valence-corrected chi connectivity index (χ4v) is 6.25. The van der Waals surface area contributed by atoms with Crippen LogP contribution >= 0.6 is 0 Å². The lowest BCUT2D eigenvalue weighted by Gasteiger charge is -2.33. The molecule has 0 bridgehead atoms. The summed E-state index contributed by atoms with van der Waals surface area (Å²) in [6, 6.07) is 2.92. The van der Waals surface area contributed by atoms with Crippen molar-refractivity contribution in [2.45, 2.75) is 64.5 Å². The van der Waals surface area contributed by atoms with Gasteiger partial charge < -0.3 is 30.4 Å². The Morgan fingerprint density at radius 2 is 1.53 bits per heavy atom. The van der Waals surface area contributed by atoms with Crippen LogP contribution in [-0.4, -0.2) is 52.4 Å². The molecule has 4 N–H and O–H groups in total. The van der Waals surface area contributed by atoms with Crippen molar-refractivity contribution in [1.82, 2.24) is 4.58 Å². The summed E-state index contributed by atoms with van der Waals surface area (Å²) >= 11 is 0. The zero-order valence-electron chi connectivity index (χ0n) is 21.8. The van der Waals surface area contributed by atoms with Gasteiger partial charge in [-0.3, -0.25) is 4.79 Å². The van der Waals surface area contributed by atoms with Gasteiger partial charge in [0.2, 0.25) is 5.36 Å². The first kappa shape index (κ1) is 24.0. The van der Waals surface area contributed by atoms with Crippen LogP contribution in [0.2, 0.25) is 0 Å². The average Bonchev–Trinajstić information content (AvgIpc) is 3.07. The third-order valence-electron chi connectivity index (χ3n) is 9.23. The topological polar surface area (TPSA) is 127 Å². The first-order valence-electron chi connectivity index (χ1n) is 12.0. The number of phenols is 4. The van der Waals surface area contributed by atoms with Gasteiger partial charge >= 0.3 is 0 Å². The van der Waals surface area contributed by atoms with Gasteiger partial charge in [-0.2, -0.15) is 0 Å². The highest BCUT2D eigenvalue weighted by Crippen LogP contribution is 2.55. The molecule has 2 atom stereocenters. The highest BCUT2D eigenvalue weighted by Gasteiger charge is 2.47. The number of rotatable bonds is 1. The maximum Gasteiger partial charge on any atom is 0.211 e. The Morgan fingerprint density at radius 1 is 0.917 bits per heavy atom. The SMILES string of the molecule is CC1N(C)c2cc(O)c(C3=C([O-])/C(=c4\c(O)cc5c(c4O)C(C)(C)C(C)[N+]=5C)C3=O)c(O)c2C1(C)C. The van der Waals surface area contributed by atoms with Crippen molar-refractivity contribution in [3.8, 4) is 23.0 Å². The molecule has 8 heteroatoms. The molecule has 5 rings (SSSR count). The summed E-state index contributed by atoms with van der Waals surface area (Å²) < 4.78 is 1.94. The Bertz CT molecular complexity index is 1560. The van der Waals surface area contributed by atoms with E-state index in [-0.39, 0.29) is 57.0 Å². The van der Waals surface area contributed by atoms with Crippen molar-refractivity contribution in [2.75, 3.05) is 19.0 Å². The number of fused-ring (bicyclic) bond motifs is 2. The van der Waals surface area contributed by atoms with E-state index in [9.17, 15) is 30.3 Å². The molecule has 0 saturated heterocycles. The van der Waals surface area contributed by atoms with Crippen LogP contribution in [0.25, 0.3) is 11.1 Å². The van der Waals surface area contributed by atoms with Crippen LogP contribution in [-0.2, 0) is 15.6 Å². The Labute approximate surface area is 209 Å². The van der Waals surface area contributed by atoms with E-state index in [1.165, 1.54) is 12.1 Å². The van der Waals surface area contributed by atoms with Gasteiger partial charge in [0, 0.05) is 47.0 Å². The molecule has 36 heavy (non-hydrogen) atoms. The second kappa shape index (κ2) is 6.96. The number of Topliss-reactive ketones (excluding diaryl/α,β-unsaturated/α-hetero) is 1. The van der Waals surface area contributed by atoms with Crippen LogP contribution in [0, 0.1) is 0 Å². The summed E-state index contributed by atoms with van der Waals surface area (Å²) in [7, 11) is 3.71. The third kappa shape index (κ3) is 2.59. The molecular weight excluding hydrogens is 460 g/mol. The monoisotopic (exact) mass is 492 g/mol. The summed E-state index contributed by atoms with van der Waals surface area (Å²) in [6.07, 6.45) is 0. The number of anilines is 1. The Hall–Kier alpha value is -3.68. The van der Waals surface area contributed by atoms with Crippen molar-refractivity contribution in [1.29, 1.82) is 0 Å². The fourth-order valence-electron chi connectivity index (χ4n) is 6.25. The molecule has 0 radical (unpaired) electrons. The zero-order valence-corrected chi connectivity index (χ0v) is 21.8. The predicted octanol–water partition coefficient (Wildman–Crippen LogP) is 0.930.